The van der Waals surface area contributed by atoms with Gasteiger partial charge in [-0.15, -0.1) is 0 Å². The monoisotopic (exact) mass is 403 g/mol. The number of rotatable bonds is 5. The molecule has 0 aliphatic carbocycles. The van der Waals surface area contributed by atoms with E-state index in [1.165, 1.54) is 18.6 Å². The van der Waals surface area contributed by atoms with Crippen LogP contribution in [-0.2, 0) is 4.79 Å². The van der Waals surface area contributed by atoms with Crippen LogP contribution >= 0.6 is 0 Å². The lowest BCUT2D eigenvalue weighted by Gasteiger charge is -2.31. The molecule has 1 aliphatic heterocycles. The van der Waals surface area contributed by atoms with Crippen molar-refractivity contribution in [2.75, 3.05) is 18.4 Å². The van der Waals surface area contributed by atoms with Crippen molar-refractivity contribution in [3.05, 3.63) is 73.1 Å². The highest BCUT2D eigenvalue weighted by Crippen LogP contribution is 2.30. The number of carbonyl (C=O) groups is 2. The first-order chi connectivity index (χ1) is 14.7. The summed E-state index contributed by atoms with van der Waals surface area (Å²) in [6.45, 7) is 0.937. The molecule has 1 fully saturated rings. The standard InChI is InChI=1S/C22H21N5O3/c28-21(16-5-4-12-27(15-16)22(29)19-14-24-10-11-25-19)26-18-7-1-2-8-20(18)30-17-6-3-9-23-13-17/h1-3,6-11,13-14,16H,4-5,12,15H2,(H,26,28)/t16-/m0/s1. The van der Waals surface area contributed by atoms with Gasteiger partial charge in [0.25, 0.3) is 5.91 Å². The van der Waals surface area contributed by atoms with Gasteiger partial charge in [0.1, 0.15) is 11.4 Å². The minimum Gasteiger partial charge on any atom is -0.454 e. The first-order valence-electron chi connectivity index (χ1n) is 9.74. The Bertz CT molecular complexity index is 1010. The van der Waals surface area contributed by atoms with Gasteiger partial charge >= 0.3 is 0 Å². The lowest BCUT2D eigenvalue weighted by atomic mass is 9.96. The SMILES string of the molecule is O=C(Nc1ccccc1Oc1cccnc1)[C@H]1CCCN(C(=O)c2cnccn2)C1. The molecular formula is C22H21N5O3. The van der Waals surface area contributed by atoms with Gasteiger partial charge in [0.05, 0.1) is 24.0 Å². The summed E-state index contributed by atoms with van der Waals surface area (Å²) in [5.41, 5.74) is 0.859. The summed E-state index contributed by atoms with van der Waals surface area (Å²) in [5, 5.41) is 2.95. The van der Waals surface area contributed by atoms with E-state index >= 15 is 0 Å². The molecule has 152 valence electrons. The van der Waals surface area contributed by atoms with Crippen LogP contribution in [0.15, 0.2) is 67.4 Å². The number of hydrogen-bond acceptors (Lipinski definition) is 6. The van der Waals surface area contributed by atoms with Crippen LogP contribution in [0.5, 0.6) is 11.5 Å². The average Bonchev–Trinajstić information content (AvgIpc) is 2.81. The van der Waals surface area contributed by atoms with Crippen LogP contribution in [0, 0.1) is 5.92 Å². The second-order valence-electron chi connectivity index (χ2n) is 6.96. The van der Waals surface area contributed by atoms with Gasteiger partial charge in [0.2, 0.25) is 5.91 Å². The normalized spacial score (nSPS) is 16.0. The first kappa shape index (κ1) is 19.5. The molecule has 3 aromatic rings. The molecule has 2 aromatic heterocycles. The summed E-state index contributed by atoms with van der Waals surface area (Å²) in [5.74, 6) is 0.445. The molecule has 1 atom stereocenters. The van der Waals surface area contributed by atoms with E-state index in [1.807, 2.05) is 12.1 Å². The number of benzene rings is 1. The Labute approximate surface area is 173 Å². The second kappa shape index (κ2) is 9.13. The predicted octanol–water partition coefficient (Wildman–Crippen LogP) is 3.15. The van der Waals surface area contributed by atoms with Crippen LogP contribution < -0.4 is 10.1 Å². The molecule has 0 saturated carbocycles. The molecular weight excluding hydrogens is 382 g/mol. The van der Waals surface area contributed by atoms with E-state index < -0.39 is 0 Å². The summed E-state index contributed by atoms with van der Waals surface area (Å²) < 4.78 is 5.86. The Morgan fingerprint density at radius 3 is 2.70 bits per heavy atom. The van der Waals surface area contributed by atoms with Crippen molar-refractivity contribution in [1.82, 2.24) is 19.9 Å². The number of nitrogens with one attached hydrogen (secondary N) is 1. The van der Waals surface area contributed by atoms with Crippen molar-refractivity contribution in [2.45, 2.75) is 12.8 Å². The lowest BCUT2D eigenvalue weighted by Crippen LogP contribution is -2.44. The van der Waals surface area contributed by atoms with Gasteiger partial charge in [0, 0.05) is 31.7 Å². The number of carbonyl (C=O) groups excluding carboxylic acids is 2. The fourth-order valence-electron chi connectivity index (χ4n) is 3.38. The highest BCUT2D eigenvalue weighted by Gasteiger charge is 2.30. The van der Waals surface area contributed by atoms with Gasteiger partial charge in [0.15, 0.2) is 5.75 Å². The van der Waals surface area contributed by atoms with E-state index in [9.17, 15) is 9.59 Å². The highest BCUT2D eigenvalue weighted by molar-refractivity contribution is 5.96. The molecule has 0 bridgehead atoms. The molecule has 2 amide bonds. The molecule has 1 saturated heterocycles. The van der Waals surface area contributed by atoms with Gasteiger partial charge in [-0.2, -0.15) is 0 Å². The number of amides is 2. The molecule has 8 nitrogen and oxygen atoms in total. The van der Waals surface area contributed by atoms with Crippen molar-refractivity contribution in [1.29, 1.82) is 0 Å². The van der Waals surface area contributed by atoms with Crippen LogP contribution in [0.25, 0.3) is 0 Å². The molecule has 0 radical (unpaired) electrons. The largest absolute Gasteiger partial charge is 0.454 e. The van der Waals surface area contributed by atoms with E-state index in [4.69, 9.17) is 4.74 Å². The molecule has 3 heterocycles. The van der Waals surface area contributed by atoms with E-state index in [0.29, 0.717) is 36.7 Å². The van der Waals surface area contributed by atoms with Crippen molar-refractivity contribution in [2.24, 2.45) is 5.92 Å². The molecule has 1 aromatic carbocycles. The molecule has 1 N–H and O–H groups in total. The number of pyridine rings is 1. The number of anilines is 1. The third-order valence-electron chi connectivity index (χ3n) is 4.87. The smallest absolute Gasteiger partial charge is 0.274 e. The van der Waals surface area contributed by atoms with E-state index in [0.717, 1.165) is 6.42 Å². The average molecular weight is 403 g/mol. The zero-order valence-electron chi connectivity index (χ0n) is 16.3. The Morgan fingerprint density at radius 2 is 1.90 bits per heavy atom. The van der Waals surface area contributed by atoms with Crippen LogP contribution in [0.4, 0.5) is 5.69 Å². The minimum absolute atomic E-state index is 0.145. The first-order valence-corrected chi connectivity index (χ1v) is 9.74. The van der Waals surface area contributed by atoms with E-state index in [1.54, 1.807) is 41.6 Å². The van der Waals surface area contributed by atoms with Gasteiger partial charge in [-0.1, -0.05) is 12.1 Å². The van der Waals surface area contributed by atoms with Gasteiger partial charge < -0.3 is 15.0 Å². The number of ether oxygens (including phenoxy) is 1. The number of nitrogens with zero attached hydrogens (tertiary/aromatic N) is 4. The number of likely N-dealkylation sites (tertiary alicyclic amines) is 1. The quantitative estimate of drug-likeness (QED) is 0.703. The highest BCUT2D eigenvalue weighted by atomic mass is 16.5. The number of piperidine rings is 1. The maximum Gasteiger partial charge on any atom is 0.274 e. The Hall–Kier alpha value is -3.81. The van der Waals surface area contributed by atoms with E-state index in [2.05, 4.69) is 20.3 Å². The maximum atomic E-state index is 12.9. The fraction of sp³-hybridized carbons (Fsp3) is 0.227. The van der Waals surface area contributed by atoms with Crippen LogP contribution in [0.3, 0.4) is 0 Å². The minimum atomic E-state index is -0.314. The number of para-hydroxylation sites is 2. The van der Waals surface area contributed by atoms with Gasteiger partial charge in [-0.05, 0) is 37.1 Å². The Balaban J connectivity index is 1.43. The van der Waals surface area contributed by atoms with Crippen LogP contribution in [0.2, 0.25) is 0 Å². The third-order valence-corrected chi connectivity index (χ3v) is 4.87. The van der Waals surface area contributed by atoms with Crippen molar-refractivity contribution in [3.8, 4) is 11.5 Å². The molecule has 4 rings (SSSR count). The predicted molar refractivity (Wildman–Crippen MR) is 110 cm³/mol. The van der Waals surface area contributed by atoms with Crippen molar-refractivity contribution in [3.63, 3.8) is 0 Å². The molecule has 8 heteroatoms. The molecule has 30 heavy (non-hydrogen) atoms. The zero-order valence-corrected chi connectivity index (χ0v) is 16.3. The van der Waals surface area contributed by atoms with Gasteiger partial charge in [-0.25, -0.2) is 4.98 Å². The van der Waals surface area contributed by atoms with Crippen LogP contribution in [0.1, 0.15) is 23.3 Å². The summed E-state index contributed by atoms with van der Waals surface area (Å²) >= 11 is 0. The van der Waals surface area contributed by atoms with Crippen LogP contribution in [-0.4, -0.2) is 44.8 Å². The van der Waals surface area contributed by atoms with Crippen molar-refractivity contribution >= 4 is 17.5 Å². The molecule has 0 spiro atoms. The zero-order chi connectivity index (χ0) is 20.8. The lowest BCUT2D eigenvalue weighted by molar-refractivity contribution is -0.121. The Morgan fingerprint density at radius 1 is 1.03 bits per heavy atom. The summed E-state index contributed by atoms with van der Waals surface area (Å²) in [7, 11) is 0. The summed E-state index contributed by atoms with van der Waals surface area (Å²) in [6.07, 6.45) is 9.18. The second-order valence-corrected chi connectivity index (χ2v) is 6.96. The van der Waals surface area contributed by atoms with Gasteiger partial charge in [-0.3, -0.25) is 19.6 Å². The third kappa shape index (κ3) is 4.60. The van der Waals surface area contributed by atoms with Crippen molar-refractivity contribution < 1.29 is 14.3 Å². The Kier molecular flexibility index (Phi) is 5.93. The summed E-state index contributed by atoms with van der Waals surface area (Å²) in [4.78, 5) is 39.3. The molecule has 0 unspecified atom stereocenters. The number of hydrogen-bond donors (Lipinski definition) is 1. The fourth-order valence-corrected chi connectivity index (χ4v) is 3.38. The topological polar surface area (TPSA) is 97.3 Å². The maximum absolute atomic E-state index is 12.9. The number of aromatic nitrogens is 3. The van der Waals surface area contributed by atoms with E-state index in [-0.39, 0.29) is 23.4 Å². The summed E-state index contributed by atoms with van der Waals surface area (Å²) in [6, 6.07) is 10.8. The molecule has 1 aliphatic rings.